The molecule has 0 aromatic carbocycles. The summed E-state index contributed by atoms with van der Waals surface area (Å²) in [6.45, 7) is 3.02. The third-order valence-corrected chi connectivity index (χ3v) is 4.56. The summed E-state index contributed by atoms with van der Waals surface area (Å²) in [5.41, 5.74) is 0. The van der Waals surface area contributed by atoms with Crippen LogP contribution < -0.4 is 10.6 Å². The SMILES string of the molecule is O=C(NC1CCCC1)N1CC2CCC1CNC2. The highest BCUT2D eigenvalue weighted by atomic mass is 16.2. The zero-order valence-corrected chi connectivity index (χ0v) is 10.5. The fraction of sp³-hybridized carbons (Fsp3) is 0.923. The maximum Gasteiger partial charge on any atom is 0.317 e. The highest BCUT2D eigenvalue weighted by Crippen LogP contribution is 2.25. The number of carbonyl (C=O) groups is 1. The number of fused-ring (bicyclic) bond motifs is 4. The van der Waals surface area contributed by atoms with Crippen molar-refractivity contribution in [2.75, 3.05) is 19.6 Å². The largest absolute Gasteiger partial charge is 0.335 e. The van der Waals surface area contributed by atoms with E-state index in [0.717, 1.165) is 19.6 Å². The van der Waals surface area contributed by atoms with Crippen LogP contribution in [0.15, 0.2) is 0 Å². The first-order chi connectivity index (χ1) is 8.33. The summed E-state index contributed by atoms with van der Waals surface area (Å²) in [5, 5.41) is 6.69. The fourth-order valence-electron chi connectivity index (χ4n) is 3.51. The normalized spacial score (nSPS) is 33.8. The summed E-state index contributed by atoms with van der Waals surface area (Å²) < 4.78 is 0. The lowest BCUT2D eigenvalue weighted by Gasteiger charge is -2.36. The van der Waals surface area contributed by atoms with Crippen LogP contribution in [0.1, 0.15) is 38.5 Å². The Labute approximate surface area is 103 Å². The van der Waals surface area contributed by atoms with Crippen molar-refractivity contribution in [2.24, 2.45) is 5.92 Å². The molecule has 96 valence electrons. The Kier molecular flexibility index (Phi) is 3.23. The van der Waals surface area contributed by atoms with Crippen LogP contribution in [0.4, 0.5) is 4.79 Å². The summed E-state index contributed by atoms with van der Waals surface area (Å²) >= 11 is 0. The van der Waals surface area contributed by atoms with Gasteiger partial charge in [-0.05, 0) is 38.1 Å². The van der Waals surface area contributed by atoms with Crippen LogP contribution in [0, 0.1) is 5.92 Å². The van der Waals surface area contributed by atoms with Gasteiger partial charge in [-0.3, -0.25) is 0 Å². The van der Waals surface area contributed by atoms with Crippen LogP contribution in [0.2, 0.25) is 0 Å². The van der Waals surface area contributed by atoms with Crippen LogP contribution >= 0.6 is 0 Å². The number of rotatable bonds is 1. The highest BCUT2D eigenvalue weighted by molar-refractivity contribution is 5.75. The molecule has 0 spiro atoms. The summed E-state index contributed by atoms with van der Waals surface area (Å²) in [4.78, 5) is 14.4. The third-order valence-electron chi connectivity index (χ3n) is 4.56. The van der Waals surface area contributed by atoms with E-state index >= 15 is 0 Å². The number of amides is 2. The maximum atomic E-state index is 12.3. The lowest BCUT2D eigenvalue weighted by Crippen LogP contribution is -2.53. The van der Waals surface area contributed by atoms with Crippen molar-refractivity contribution in [3.05, 3.63) is 0 Å². The van der Waals surface area contributed by atoms with Gasteiger partial charge in [0.2, 0.25) is 0 Å². The van der Waals surface area contributed by atoms with Crippen molar-refractivity contribution in [1.29, 1.82) is 0 Å². The molecule has 0 radical (unpaired) electrons. The molecule has 4 fully saturated rings. The molecule has 2 amide bonds. The molecule has 4 nitrogen and oxygen atoms in total. The maximum absolute atomic E-state index is 12.3. The molecule has 1 aliphatic carbocycles. The summed E-state index contributed by atoms with van der Waals surface area (Å²) in [6.07, 6.45) is 7.36. The molecule has 2 atom stereocenters. The van der Waals surface area contributed by atoms with Crippen LogP contribution in [-0.4, -0.2) is 42.6 Å². The van der Waals surface area contributed by atoms with Crippen molar-refractivity contribution >= 4 is 6.03 Å². The molecule has 2 N–H and O–H groups in total. The molecule has 4 aliphatic rings. The molecule has 0 aromatic heterocycles. The molecule has 3 heterocycles. The Bertz CT molecular complexity index is 284. The monoisotopic (exact) mass is 237 g/mol. The van der Waals surface area contributed by atoms with E-state index < -0.39 is 0 Å². The molecule has 17 heavy (non-hydrogen) atoms. The van der Waals surface area contributed by atoms with E-state index in [4.69, 9.17) is 0 Å². The molecule has 2 bridgehead atoms. The van der Waals surface area contributed by atoms with E-state index in [1.165, 1.54) is 38.5 Å². The fourth-order valence-corrected chi connectivity index (χ4v) is 3.51. The Morgan fingerprint density at radius 1 is 1.12 bits per heavy atom. The number of hydrogen-bond acceptors (Lipinski definition) is 2. The van der Waals surface area contributed by atoms with Crippen LogP contribution in [0.5, 0.6) is 0 Å². The minimum Gasteiger partial charge on any atom is -0.335 e. The van der Waals surface area contributed by atoms with Gasteiger partial charge >= 0.3 is 6.03 Å². The topological polar surface area (TPSA) is 44.4 Å². The van der Waals surface area contributed by atoms with Gasteiger partial charge in [-0.1, -0.05) is 12.8 Å². The van der Waals surface area contributed by atoms with E-state index in [2.05, 4.69) is 15.5 Å². The van der Waals surface area contributed by atoms with E-state index in [9.17, 15) is 4.79 Å². The predicted molar refractivity (Wildman–Crippen MR) is 66.9 cm³/mol. The lowest BCUT2D eigenvalue weighted by atomic mass is 9.95. The summed E-state index contributed by atoms with van der Waals surface area (Å²) in [7, 11) is 0. The summed E-state index contributed by atoms with van der Waals surface area (Å²) in [6, 6.07) is 1.06. The Morgan fingerprint density at radius 3 is 2.76 bits per heavy atom. The van der Waals surface area contributed by atoms with Crippen LogP contribution in [0.3, 0.4) is 0 Å². The van der Waals surface area contributed by atoms with Gasteiger partial charge in [0.1, 0.15) is 0 Å². The smallest absolute Gasteiger partial charge is 0.317 e. The second-order valence-electron chi connectivity index (χ2n) is 5.84. The Hall–Kier alpha value is -0.770. The number of carbonyl (C=O) groups excluding carboxylic acids is 1. The quantitative estimate of drug-likeness (QED) is 0.722. The molecular weight excluding hydrogens is 214 g/mol. The van der Waals surface area contributed by atoms with Gasteiger partial charge in [-0.25, -0.2) is 4.79 Å². The zero-order chi connectivity index (χ0) is 11.7. The lowest BCUT2D eigenvalue weighted by molar-refractivity contribution is 0.140. The first kappa shape index (κ1) is 11.3. The molecule has 4 heteroatoms. The standard InChI is InChI=1S/C13H23N3O/c17-13(15-11-3-1-2-4-11)16-9-10-5-6-12(16)8-14-7-10/h10-12,14H,1-9H2,(H,15,17). The third kappa shape index (κ3) is 2.41. The molecule has 0 aromatic rings. The Morgan fingerprint density at radius 2 is 1.94 bits per heavy atom. The molecule has 3 aliphatic heterocycles. The minimum atomic E-state index is 0.190. The summed E-state index contributed by atoms with van der Waals surface area (Å²) in [5.74, 6) is 0.670. The van der Waals surface area contributed by atoms with Gasteiger partial charge in [0.25, 0.3) is 0 Å². The van der Waals surface area contributed by atoms with Gasteiger partial charge in [-0.2, -0.15) is 0 Å². The first-order valence-electron chi connectivity index (χ1n) is 7.11. The van der Waals surface area contributed by atoms with Crippen molar-refractivity contribution < 1.29 is 4.79 Å². The molecular formula is C13H23N3O. The van der Waals surface area contributed by atoms with E-state index in [1.807, 2.05) is 0 Å². The Balaban J connectivity index is 1.60. The molecule has 1 saturated carbocycles. The molecule has 3 saturated heterocycles. The average molecular weight is 237 g/mol. The average Bonchev–Trinajstić information content (AvgIpc) is 2.63. The van der Waals surface area contributed by atoms with Crippen molar-refractivity contribution in [3.63, 3.8) is 0 Å². The molecule has 2 unspecified atom stereocenters. The number of nitrogens with one attached hydrogen (secondary N) is 2. The zero-order valence-electron chi connectivity index (χ0n) is 10.5. The number of nitrogens with zero attached hydrogens (tertiary/aromatic N) is 1. The van der Waals surface area contributed by atoms with Gasteiger partial charge in [0.05, 0.1) is 0 Å². The van der Waals surface area contributed by atoms with Crippen molar-refractivity contribution in [2.45, 2.75) is 50.6 Å². The van der Waals surface area contributed by atoms with E-state index in [-0.39, 0.29) is 6.03 Å². The van der Waals surface area contributed by atoms with Crippen LogP contribution in [-0.2, 0) is 0 Å². The van der Waals surface area contributed by atoms with Crippen molar-refractivity contribution in [1.82, 2.24) is 15.5 Å². The number of hydrogen-bond donors (Lipinski definition) is 2. The van der Waals surface area contributed by atoms with Gasteiger partial charge in [-0.15, -0.1) is 0 Å². The van der Waals surface area contributed by atoms with Crippen molar-refractivity contribution in [3.8, 4) is 0 Å². The van der Waals surface area contributed by atoms with E-state index in [0.29, 0.717) is 18.0 Å². The van der Waals surface area contributed by atoms with Gasteiger partial charge in [0, 0.05) is 25.2 Å². The number of urea groups is 1. The van der Waals surface area contributed by atoms with Gasteiger partial charge < -0.3 is 15.5 Å². The first-order valence-corrected chi connectivity index (χ1v) is 7.11. The predicted octanol–water partition coefficient (Wildman–Crippen LogP) is 1.32. The minimum absolute atomic E-state index is 0.190. The molecule has 4 rings (SSSR count). The van der Waals surface area contributed by atoms with Gasteiger partial charge in [0.15, 0.2) is 0 Å². The second-order valence-corrected chi connectivity index (χ2v) is 5.84. The van der Waals surface area contributed by atoms with E-state index in [1.54, 1.807) is 0 Å². The van der Waals surface area contributed by atoms with Crippen LogP contribution in [0.25, 0.3) is 0 Å². The second kappa shape index (κ2) is 4.84. The highest BCUT2D eigenvalue weighted by Gasteiger charge is 2.34. The number of piperidine rings is 1.